The number of nitrogens with zero attached hydrogens (tertiary/aromatic N) is 2. The zero-order chi connectivity index (χ0) is 10.8. The third kappa shape index (κ3) is 1.89. The van der Waals surface area contributed by atoms with E-state index >= 15 is 0 Å². The first-order valence-electron chi connectivity index (χ1n) is 5.03. The van der Waals surface area contributed by atoms with Crippen molar-refractivity contribution in [3.63, 3.8) is 0 Å². The van der Waals surface area contributed by atoms with Gasteiger partial charge in [-0.05, 0) is 55.7 Å². The maximum Gasteiger partial charge on any atom is 0.0411 e. The minimum atomic E-state index is 1.06. The lowest BCUT2D eigenvalue weighted by Crippen LogP contribution is -1.94. The number of rotatable bonds is 1. The van der Waals surface area contributed by atoms with Gasteiger partial charge in [-0.25, -0.2) is 0 Å². The molecule has 15 heavy (non-hydrogen) atoms. The summed E-state index contributed by atoms with van der Waals surface area (Å²) in [6, 6.07) is 6.18. The summed E-state index contributed by atoms with van der Waals surface area (Å²) in [7, 11) is 0. The van der Waals surface area contributed by atoms with Crippen molar-refractivity contribution in [2.75, 3.05) is 0 Å². The van der Waals surface area contributed by atoms with E-state index in [2.05, 4.69) is 23.0 Å². The highest BCUT2D eigenvalue weighted by Gasteiger charge is 2.05. The van der Waals surface area contributed by atoms with Crippen LogP contribution in [0.3, 0.4) is 0 Å². The monoisotopic (exact) mass is 198 g/mol. The molecule has 0 amide bonds. The SMILES string of the molecule is Cc1cc(-c2ccncc2)c(C)c(C)n1. The van der Waals surface area contributed by atoms with Gasteiger partial charge in [0.2, 0.25) is 0 Å². The first kappa shape index (κ1) is 9.84. The average molecular weight is 198 g/mol. The summed E-state index contributed by atoms with van der Waals surface area (Å²) in [5.41, 5.74) is 5.86. The summed E-state index contributed by atoms with van der Waals surface area (Å²) < 4.78 is 0. The first-order valence-corrected chi connectivity index (χ1v) is 5.03. The predicted octanol–water partition coefficient (Wildman–Crippen LogP) is 3.07. The van der Waals surface area contributed by atoms with E-state index in [-0.39, 0.29) is 0 Å². The molecular formula is C13H14N2. The molecule has 0 aliphatic rings. The molecule has 76 valence electrons. The van der Waals surface area contributed by atoms with Crippen LogP contribution in [-0.4, -0.2) is 9.97 Å². The Hall–Kier alpha value is -1.70. The van der Waals surface area contributed by atoms with Crippen molar-refractivity contribution in [1.82, 2.24) is 9.97 Å². The standard InChI is InChI=1S/C13H14N2/c1-9-8-13(10(2)11(3)15-9)12-4-6-14-7-5-12/h4-8H,1-3H3. The second-order valence-corrected chi connectivity index (χ2v) is 3.76. The van der Waals surface area contributed by atoms with Crippen LogP contribution >= 0.6 is 0 Å². The second kappa shape index (κ2) is 3.81. The molecule has 0 aliphatic heterocycles. The minimum absolute atomic E-state index is 1.06. The summed E-state index contributed by atoms with van der Waals surface area (Å²) >= 11 is 0. The molecule has 0 aromatic carbocycles. The van der Waals surface area contributed by atoms with Gasteiger partial charge in [-0.1, -0.05) is 0 Å². The van der Waals surface area contributed by atoms with Gasteiger partial charge in [0, 0.05) is 23.8 Å². The Morgan fingerprint density at radius 3 is 2.33 bits per heavy atom. The Bertz CT molecular complexity index is 475. The molecule has 2 rings (SSSR count). The van der Waals surface area contributed by atoms with E-state index < -0.39 is 0 Å². The van der Waals surface area contributed by atoms with Crippen LogP contribution < -0.4 is 0 Å². The van der Waals surface area contributed by atoms with Gasteiger partial charge in [0.25, 0.3) is 0 Å². The van der Waals surface area contributed by atoms with Crippen molar-refractivity contribution < 1.29 is 0 Å². The molecule has 0 aliphatic carbocycles. The van der Waals surface area contributed by atoms with Crippen molar-refractivity contribution in [2.24, 2.45) is 0 Å². The van der Waals surface area contributed by atoms with Gasteiger partial charge < -0.3 is 0 Å². The normalized spacial score (nSPS) is 10.3. The third-order valence-electron chi connectivity index (χ3n) is 2.64. The maximum atomic E-state index is 4.44. The number of aryl methyl sites for hydroxylation is 2. The summed E-state index contributed by atoms with van der Waals surface area (Å²) in [6.07, 6.45) is 3.64. The fourth-order valence-corrected chi connectivity index (χ4v) is 1.72. The molecule has 0 saturated heterocycles. The van der Waals surface area contributed by atoms with Crippen LogP contribution in [0.5, 0.6) is 0 Å². The van der Waals surface area contributed by atoms with Gasteiger partial charge in [-0.3, -0.25) is 9.97 Å². The minimum Gasteiger partial charge on any atom is -0.265 e. The van der Waals surface area contributed by atoms with Crippen molar-refractivity contribution >= 4 is 0 Å². The first-order chi connectivity index (χ1) is 7.18. The van der Waals surface area contributed by atoms with Crippen LogP contribution in [0.1, 0.15) is 17.0 Å². The molecule has 0 radical (unpaired) electrons. The summed E-state index contributed by atoms with van der Waals surface area (Å²) in [5, 5.41) is 0. The quantitative estimate of drug-likeness (QED) is 0.703. The largest absolute Gasteiger partial charge is 0.265 e. The molecule has 2 nitrogen and oxygen atoms in total. The third-order valence-corrected chi connectivity index (χ3v) is 2.64. The van der Waals surface area contributed by atoms with Gasteiger partial charge >= 0.3 is 0 Å². The van der Waals surface area contributed by atoms with E-state index in [9.17, 15) is 0 Å². The van der Waals surface area contributed by atoms with Gasteiger partial charge in [0.15, 0.2) is 0 Å². The van der Waals surface area contributed by atoms with Gasteiger partial charge in [-0.15, -0.1) is 0 Å². The molecule has 0 unspecified atom stereocenters. The van der Waals surface area contributed by atoms with E-state index in [1.54, 1.807) is 0 Å². The maximum absolute atomic E-state index is 4.44. The van der Waals surface area contributed by atoms with E-state index in [1.165, 1.54) is 16.7 Å². The molecule has 0 fully saturated rings. The zero-order valence-corrected chi connectivity index (χ0v) is 9.28. The lowest BCUT2D eigenvalue weighted by Gasteiger charge is -2.09. The van der Waals surface area contributed by atoms with Crippen molar-refractivity contribution in [1.29, 1.82) is 0 Å². The molecule has 0 bridgehead atoms. The molecule has 2 aromatic rings. The molecule has 0 spiro atoms. The molecule has 2 heterocycles. The van der Waals surface area contributed by atoms with Crippen LogP contribution in [0.25, 0.3) is 11.1 Å². The Morgan fingerprint density at radius 1 is 1.00 bits per heavy atom. The number of aromatic nitrogens is 2. The van der Waals surface area contributed by atoms with E-state index in [0.29, 0.717) is 0 Å². The lowest BCUT2D eigenvalue weighted by molar-refractivity contribution is 1.09. The fraction of sp³-hybridized carbons (Fsp3) is 0.231. The number of pyridine rings is 2. The molecular weight excluding hydrogens is 184 g/mol. The van der Waals surface area contributed by atoms with Gasteiger partial charge in [0.1, 0.15) is 0 Å². The Balaban J connectivity index is 2.63. The van der Waals surface area contributed by atoms with Gasteiger partial charge in [0.05, 0.1) is 0 Å². The second-order valence-electron chi connectivity index (χ2n) is 3.76. The van der Waals surface area contributed by atoms with Crippen LogP contribution in [-0.2, 0) is 0 Å². The average Bonchev–Trinajstić information content (AvgIpc) is 2.24. The molecule has 2 heteroatoms. The number of hydrogen-bond donors (Lipinski definition) is 0. The molecule has 0 saturated carbocycles. The summed E-state index contributed by atoms with van der Waals surface area (Å²) in [4.78, 5) is 8.47. The Labute approximate surface area is 90.0 Å². The van der Waals surface area contributed by atoms with Crippen LogP contribution in [0.2, 0.25) is 0 Å². The lowest BCUT2D eigenvalue weighted by atomic mass is 10.0. The van der Waals surface area contributed by atoms with Crippen molar-refractivity contribution in [3.8, 4) is 11.1 Å². The number of hydrogen-bond acceptors (Lipinski definition) is 2. The summed E-state index contributed by atoms with van der Waals surface area (Å²) in [5.74, 6) is 0. The van der Waals surface area contributed by atoms with Crippen LogP contribution in [0, 0.1) is 20.8 Å². The highest BCUT2D eigenvalue weighted by atomic mass is 14.7. The fourth-order valence-electron chi connectivity index (χ4n) is 1.72. The molecule has 0 N–H and O–H groups in total. The van der Waals surface area contributed by atoms with Crippen LogP contribution in [0.15, 0.2) is 30.6 Å². The molecule has 0 atom stereocenters. The van der Waals surface area contributed by atoms with Gasteiger partial charge in [-0.2, -0.15) is 0 Å². The van der Waals surface area contributed by atoms with E-state index in [0.717, 1.165) is 11.4 Å². The van der Waals surface area contributed by atoms with E-state index in [1.807, 2.05) is 38.4 Å². The summed E-state index contributed by atoms with van der Waals surface area (Å²) in [6.45, 7) is 6.18. The van der Waals surface area contributed by atoms with E-state index in [4.69, 9.17) is 0 Å². The highest BCUT2D eigenvalue weighted by Crippen LogP contribution is 2.24. The Morgan fingerprint density at radius 2 is 1.67 bits per heavy atom. The van der Waals surface area contributed by atoms with Crippen LogP contribution in [0.4, 0.5) is 0 Å². The smallest absolute Gasteiger partial charge is 0.0411 e. The highest BCUT2D eigenvalue weighted by molar-refractivity contribution is 5.67. The zero-order valence-electron chi connectivity index (χ0n) is 9.28. The molecule has 2 aromatic heterocycles. The van der Waals surface area contributed by atoms with Crippen molar-refractivity contribution in [2.45, 2.75) is 20.8 Å². The predicted molar refractivity (Wildman–Crippen MR) is 61.7 cm³/mol. The van der Waals surface area contributed by atoms with Crippen molar-refractivity contribution in [3.05, 3.63) is 47.5 Å². The Kier molecular flexibility index (Phi) is 2.50. The topological polar surface area (TPSA) is 25.8 Å².